The third-order valence-corrected chi connectivity index (χ3v) is 2.34. The second-order valence-electron chi connectivity index (χ2n) is 3.59. The monoisotopic (exact) mass is 242 g/mol. The smallest absolute Gasteiger partial charge is 0.131 e. The Kier molecular flexibility index (Phi) is 6.93. The Morgan fingerprint density at radius 1 is 1.31 bits per heavy atom. The summed E-state index contributed by atoms with van der Waals surface area (Å²) in [5.74, 6) is 0.820. The quantitative estimate of drug-likeness (QED) is 0.561. The lowest BCUT2D eigenvalue weighted by Crippen LogP contribution is -2.07. The molecule has 3 nitrogen and oxygen atoms in total. The van der Waals surface area contributed by atoms with E-state index in [1.807, 2.05) is 12.1 Å². The zero-order valence-electron chi connectivity index (χ0n) is 9.71. The maximum Gasteiger partial charge on any atom is 0.131 e. The van der Waals surface area contributed by atoms with Crippen LogP contribution in [0.2, 0.25) is 5.15 Å². The van der Waals surface area contributed by atoms with Crippen molar-refractivity contribution in [3.63, 3.8) is 0 Å². The van der Waals surface area contributed by atoms with E-state index in [9.17, 15) is 0 Å². The van der Waals surface area contributed by atoms with Crippen LogP contribution in [0.4, 0.5) is 5.82 Å². The molecule has 0 fully saturated rings. The van der Waals surface area contributed by atoms with E-state index in [0.717, 1.165) is 38.4 Å². The van der Waals surface area contributed by atoms with Crippen LogP contribution in [-0.2, 0) is 4.74 Å². The van der Waals surface area contributed by atoms with Crippen molar-refractivity contribution in [2.75, 3.05) is 25.1 Å². The predicted molar refractivity (Wildman–Crippen MR) is 68.1 cm³/mol. The number of halogens is 1. The lowest BCUT2D eigenvalue weighted by Gasteiger charge is -2.06. The van der Waals surface area contributed by atoms with Gasteiger partial charge in [-0.15, -0.1) is 0 Å². The number of anilines is 1. The maximum atomic E-state index is 5.77. The van der Waals surface area contributed by atoms with Gasteiger partial charge < -0.3 is 10.1 Å². The van der Waals surface area contributed by atoms with Crippen LogP contribution in [0.25, 0.3) is 0 Å². The van der Waals surface area contributed by atoms with Crippen molar-refractivity contribution in [3.05, 3.63) is 23.4 Å². The zero-order valence-corrected chi connectivity index (χ0v) is 10.5. The Morgan fingerprint density at radius 2 is 2.12 bits per heavy atom. The number of hydrogen-bond donors (Lipinski definition) is 1. The van der Waals surface area contributed by atoms with Gasteiger partial charge in [0.1, 0.15) is 11.0 Å². The molecule has 0 bridgehead atoms. The molecule has 1 aromatic heterocycles. The van der Waals surface area contributed by atoms with Gasteiger partial charge in [-0.05, 0) is 25.0 Å². The highest BCUT2D eigenvalue weighted by molar-refractivity contribution is 6.29. The van der Waals surface area contributed by atoms with Crippen molar-refractivity contribution in [2.24, 2.45) is 0 Å². The van der Waals surface area contributed by atoms with Crippen LogP contribution in [-0.4, -0.2) is 24.7 Å². The average Bonchev–Trinajstić information content (AvgIpc) is 2.28. The van der Waals surface area contributed by atoms with Crippen molar-refractivity contribution in [1.82, 2.24) is 4.98 Å². The first kappa shape index (κ1) is 13.3. The number of nitrogens with zero attached hydrogens (tertiary/aromatic N) is 1. The van der Waals surface area contributed by atoms with E-state index >= 15 is 0 Å². The van der Waals surface area contributed by atoms with Gasteiger partial charge >= 0.3 is 0 Å². The average molecular weight is 243 g/mol. The SMILES string of the molecule is CCCCOCCCNc1cccc(Cl)n1. The van der Waals surface area contributed by atoms with E-state index in [0.29, 0.717) is 5.15 Å². The molecule has 0 aromatic carbocycles. The Bertz CT molecular complexity index is 294. The molecule has 90 valence electrons. The van der Waals surface area contributed by atoms with Crippen LogP contribution in [0.1, 0.15) is 26.2 Å². The molecule has 0 aliphatic carbocycles. The van der Waals surface area contributed by atoms with Gasteiger partial charge in [-0.2, -0.15) is 0 Å². The van der Waals surface area contributed by atoms with Gasteiger partial charge in [0.25, 0.3) is 0 Å². The van der Waals surface area contributed by atoms with Gasteiger partial charge in [0.15, 0.2) is 0 Å². The number of ether oxygens (including phenoxy) is 1. The third kappa shape index (κ3) is 5.93. The summed E-state index contributed by atoms with van der Waals surface area (Å²) >= 11 is 5.77. The molecule has 0 unspecified atom stereocenters. The van der Waals surface area contributed by atoms with Crippen LogP contribution in [0.3, 0.4) is 0 Å². The van der Waals surface area contributed by atoms with Crippen LogP contribution >= 0.6 is 11.6 Å². The van der Waals surface area contributed by atoms with Crippen LogP contribution in [0.15, 0.2) is 18.2 Å². The summed E-state index contributed by atoms with van der Waals surface area (Å²) in [5.41, 5.74) is 0. The predicted octanol–water partition coefficient (Wildman–Crippen LogP) is 3.35. The van der Waals surface area contributed by atoms with Gasteiger partial charge in [-0.1, -0.05) is 31.0 Å². The third-order valence-electron chi connectivity index (χ3n) is 2.13. The molecule has 1 heterocycles. The molecule has 16 heavy (non-hydrogen) atoms. The number of pyridine rings is 1. The molecule has 0 saturated carbocycles. The van der Waals surface area contributed by atoms with Crippen molar-refractivity contribution < 1.29 is 4.74 Å². The summed E-state index contributed by atoms with van der Waals surface area (Å²) in [6, 6.07) is 5.56. The molecule has 0 spiro atoms. The molecule has 1 N–H and O–H groups in total. The van der Waals surface area contributed by atoms with E-state index in [1.165, 1.54) is 6.42 Å². The first-order valence-electron chi connectivity index (χ1n) is 5.77. The second kappa shape index (κ2) is 8.36. The minimum atomic E-state index is 0.518. The van der Waals surface area contributed by atoms with E-state index in [-0.39, 0.29) is 0 Å². The van der Waals surface area contributed by atoms with Crippen molar-refractivity contribution in [3.8, 4) is 0 Å². The molecule has 0 amide bonds. The summed E-state index contributed by atoms with van der Waals surface area (Å²) in [6.07, 6.45) is 3.31. The first-order valence-corrected chi connectivity index (χ1v) is 6.15. The standard InChI is InChI=1S/C12H19ClN2O/c1-2-3-9-16-10-5-8-14-12-7-4-6-11(13)15-12/h4,6-7H,2-3,5,8-10H2,1H3,(H,14,15). The Labute approximate surface area is 102 Å². The van der Waals surface area contributed by atoms with Gasteiger partial charge in [0, 0.05) is 19.8 Å². The fourth-order valence-corrected chi connectivity index (χ4v) is 1.41. The van der Waals surface area contributed by atoms with Crippen LogP contribution in [0, 0.1) is 0 Å². The normalized spacial score (nSPS) is 10.4. The number of aromatic nitrogens is 1. The largest absolute Gasteiger partial charge is 0.381 e. The van der Waals surface area contributed by atoms with E-state index in [1.54, 1.807) is 6.07 Å². The Morgan fingerprint density at radius 3 is 2.88 bits per heavy atom. The molecule has 1 aromatic rings. The topological polar surface area (TPSA) is 34.1 Å². The summed E-state index contributed by atoms with van der Waals surface area (Å²) in [5, 5.41) is 3.72. The minimum Gasteiger partial charge on any atom is -0.381 e. The lowest BCUT2D eigenvalue weighted by atomic mass is 10.3. The lowest BCUT2D eigenvalue weighted by molar-refractivity contribution is 0.131. The number of nitrogens with one attached hydrogen (secondary N) is 1. The minimum absolute atomic E-state index is 0.518. The first-order chi connectivity index (χ1) is 7.83. The van der Waals surface area contributed by atoms with Crippen molar-refractivity contribution in [2.45, 2.75) is 26.2 Å². The number of rotatable bonds is 8. The Balaban J connectivity index is 2.03. The second-order valence-corrected chi connectivity index (χ2v) is 3.98. The van der Waals surface area contributed by atoms with E-state index in [4.69, 9.17) is 16.3 Å². The van der Waals surface area contributed by atoms with E-state index in [2.05, 4.69) is 17.2 Å². The fraction of sp³-hybridized carbons (Fsp3) is 0.583. The number of hydrogen-bond acceptors (Lipinski definition) is 3. The highest BCUT2D eigenvalue weighted by Crippen LogP contribution is 2.08. The fourth-order valence-electron chi connectivity index (χ4n) is 1.25. The maximum absolute atomic E-state index is 5.77. The van der Waals surface area contributed by atoms with E-state index < -0.39 is 0 Å². The summed E-state index contributed by atoms with van der Waals surface area (Å²) in [6.45, 7) is 4.69. The molecular weight excluding hydrogens is 224 g/mol. The van der Waals surface area contributed by atoms with Gasteiger partial charge in [0.05, 0.1) is 0 Å². The molecule has 4 heteroatoms. The Hall–Kier alpha value is -0.800. The molecule has 0 saturated heterocycles. The van der Waals surface area contributed by atoms with Gasteiger partial charge in [-0.3, -0.25) is 0 Å². The van der Waals surface area contributed by atoms with Crippen LogP contribution in [0.5, 0.6) is 0 Å². The molecule has 1 rings (SSSR count). The molecule has 0 aliphatic rings. The summed E-state index contributed by atoms with van der Waals surface area (Å²) in [7, 11) is 0. The molecule has 0 atom stereocenters. The zero-order chi connectivity index (χ0) is 11.6. The van der Waals surface area contributed by atoms with Crippen molar-refractivity contribution >= 4 is 17.4 Å². The molecular formula is C12H19ClN2O. The highest BCUT2D eigenvalue weighted by atomic mass is 35.5. The summed E-state index contributed by atoms with van der Waals surface area (Å²) in [4.78, 5) is 4.13. The van der Waals surface area contributed by atoms with Crippen molar-refractivity contribution in [1.29, 1.82) is 0 Å². The molecule has 0 radical (unpaired) electrons. The van der Waals surface area contributed by atoms with Gasteiger partial charge in [0.2, 0.25) is 0 Å². The molecule has 0 aliphatic heterocycles. The van der Waals surface area contributed by atoms with Crippen LogP contribution < -0.4 is 5.32 Å². The van der Waals surface area contributed by atoms with Gasteiger partial charge in [-0.25, -0.2) is 4.98 Å². The number of unbranched alkanes of at least 4 members (excludes halogenated alkanes) is 1. The summed E-state index contributed by atoms with van der Waals surface area (Å²) < 4.78 is 5.45. The highest BCUT2D eigenvalue weighted by Gasteiger charge is 1.94.